The van der Waals surface area contributed by atoms with Gasteiger partial charge in [-0.15, -0.1) is 0 Å². The average Bonchev–Trinajstić information content (AvgIpc) is 2.50. The molecule has 0 radical (unpaired) electrons. The van der Waals surface area contributed by atoms with Gasteiger partial charge in [-0.2, -0.15) is 4.98 Å². The first-order valence-electron chi connectivity index (χ1n) is 7.94. The number of hydrogen-bond donors (Lipinski definition) is 2. The molecule has 0 amide bonds. The SMILES string of the molecule is Cc1cc(NC2CCCCC2)nc(Nc2ccc(Cl)cc2Cl)n1. The van der Waals surface area contributed by atoms with E-state index in [9.17, 15) is 0 Å². The molecule has 0 atom stereocenters. The number of anilines is 3. The molecule has 0 saturated heterocycles. The molecule has 0 aliphatic heterocycles. The molecular formula is C17H20Cl2N4. The topological polar surface area (TPSA) is 49.8 Å². The fourth-order valence-corrected chi connectivity index (χ4v) is 3.32. The van der Waals surface area contributed by atoms with Crippen molar-refractivity contribution in [3.05, 3.63) is 40.0 Å². The highest BCUT2D eigenvalue weighted by Gasteiger charge is 2.14. The van der Waals surface area contributed by atoms with Crippen molar-refractivity contribution in [1.29, 1.82) is 0 Å². The van der Waals surface area contributed by atoms with Gasteiger partial charge in [0.2, 0.25) is 5.95 Å². The first-order valence-corrected chi connectivity index (χ1v) is 8.70. The molecule has 0 unspecified atom stereocenters. The van der Waals surface area contributed by atoms with Gasteiger partial charge < -0.3 is 10.6 Å². The minimum atomic E-state index is 0.505. The molecule has 4 nitrogen and oxygen atoms in total. The lowest BCUT2D eigenvalue weighted by atomic mass is 9.95. The van der Waals surface area contributed by atoms with E-state index in [0.717, 1.165) is 17.2 Å². The Bertz CT molecular complexity index is 684. The molecule has 1 heterocycles. The zero-order chi connectivity index (χ0) is 16.2. The second-order valence-corrected chi connectivity index (χ2v) is 6.79. The number of aromatic nitrogens is 2. The van der Waals surface area contributed by atoms with Crippen LogP contribution in [0.4, 0.5) is 17.5 Å². The smallest absolute Gasteiger partial charge is 0.229 e. The lowest BCUT2D eigenvalue weighted by Crippen LogP contribution is -2.23. The molecule has 2 aromatic rings. The Morgan fingerprint density at radius 1 is 1.04 bits per heavy atom. The van der Waals surface area contributed by atoms with Crippen LogP contribution < -0.4 is 10.6 Å². The van der Waals surface area contributed by atoms with Crippen molar-refractivity contribution in [2.24, 2.45) is 0 Å². The third-order valence-corrected chi connectivity index (χ3v) is 4.54. The Morgan fingerprint density at radius 3 is 2.57 bits per heavy atom. The van der Waals surface area contributed by atoms with E-state index >= 15 is 0 Å². The number of halogens is 2. The molecule has 1 aliphatic rings. The van der Waals surface area contributed by atoms with Crippen molar-refractivity contribution in [3.63, 3.8) is 0 Å². The summed E-state index contributed by atoms with van der Waals surface area (Å²) in [6.45, 7) is 1.96. The molecule has 1 saturated carbocycles. The summed E-state index contributed by atoms with van der Waals surface area (Å²) >= 11 is 12.1. The van der Waals surface area contributed by atoms with E-state index < -0.39 is 0 Å². The first-order chi connectivity index (χ1) is 11.1. The average molecular weight is 351 g/mol. The van der Waals surface area contributed by atoms with Crippen LogP contribution in [-0.2, 0) is 0 Å². The second-order valence-electron chi connectivity index (χ2n) is 5.95. The quantitative estimate of drug-likeness (QED) is 0.755. The number of rotatable bonds is 4. The van der Waals surface area contributed by atoms with E-state index in [2.05, 4.69) is 20.6 Å². The summed E-state index contributed by atoms with van der Waals surface area (Å²) in [6, 6.07) is 7.79. The molecule has 122 valence electrons. The van der Waals surface area contributed by atoms with Crippen molar-refractivity contribution < 1.29 is 0 Å². The molecule has 23 heavy (non-hydrogen) atoms. The van der Waals surface area contributed by atoms with Crippen LogP contribution >= 0.6 is 23.2 Å². The summed E-state index contributed by atoms with van der Waals surface area (Å²) < 4.78 is 0. The fourth-order valence-electron chi connectivity index (χ4n) is 2.87. The molecule has 0 bridgehead atoms. The third-order valence-electron chi connectivity index (χ3n) is 3.99. The van der Waals surface area contributed by atoms with Crippen LogP contribution in [0, 0.1) is 6.92 Å². The Labute approximate surface area is 146 Å². The minimum absolute atomic E-state index is 0.505. The van der Waals surface area contributed by atoms with Gasteiger partial charge in [0.25, 0.3) is 0 Å². The molecule has 3 rings (SSSR count). The molecule has 6 heteroatoms. The maximum atomic E-state index is 6.20. The van der Waals surface area contributed by atoms with E-state index in [4.69, 9.17) is 23.2 Å². The summed E-state index contributed by atoms with van der Waals surface area (Å²) in [5.41, 5.74) is 1.65. The van der Waals surface area contributed by atoms with E-state index in [1.807, 2.05) is 19.1 Å². The summed E-state index contributed by atoms with van der Waals surface area (Å²) in [5, 5.41) is 7.84. The minimum Gasteiger partial charge on any atom is -0.367 e. The lowest BCUT2D eigenvalue weighted by Gasteiger charge is -2.23. The van der Waals surface area contributed by atoms with Crippen molar-refractivity contribution in [2.45, 2.75) is 45.1 Å². The van der Waals surface area contributed by atoms with Crippen LogP contribution in [0.5, 0.6) is 0 Å². The van der Waals surface area contributed by atoms with Gasteiger partial charge in [-0.3, -0.25) is 0 Å². The lowest BCUT2D eigenvalue weighted by molar-refractivity contribution is 0.462. The van der Waals surface area contributed by atoms with Gasteiger partial charge in [-0.25, -0.2) is 4.98 Å². The van der Waals surface area contributed by atoms with Crippen LogP contribution in [0.1, 0.15) is 37.8 Å². The van der Waals surface area contributed by atoms with Crippen molar-refractivity contribution in [1.82, 2.24) is 9.97 Å². The van der Waals surface area contributed by atoms with E-state index in [-0.39, 0.29) is 0 Å². The highest BCUT2D eigenvalue weighted by atomic mass is 35.5. The maximum absolute atomic E-state index is 6.20. The highest BCUT2D eigenvalue weighted by Crippen LogP contribution is 2.28. The Kier molecular flexibility index (Phi) is 5.23. The zero-order valence-electron chi connectivity index (χ0n) is 13.1. The van der Waals surface area contributed by atoms with Gasteiger partial charge in [0, 0.05) is 22.8 Å². The highest BCUT2D eigenvalue weighted by molar-refractivity contribution is 6.36. The maximum Gasteiger partial charge on any atom is 0.229 e. The molecule has 1 fully saturated rings. The normalized spacial score (nSPS) is 15.4. The first kappa shape index (κ1) is 16.3. The van der Waals surface area contributed by atoms with E-state index in [1.54, 1.807) is 12.1 Å². The Morgan fingerprint density at radius 2 is 1.83 bits per heavy atom. The van der Waals surface area contributed by atoms with Crippen molar-refractivity contribution in [2.75, 3.05) is 10.6 Å². The summed E-state index contributed by atoms with van der Waals surface area (Å²) in [7, 11) is 0. The fraction of sp³-hybridized carbons (Fsp3) is 0.412. The van der Waals surface area contributed by atoms with Gasteiger partial charge in [0.15, 0.2) is 0 Å². The molecule has 0 spiro atoms. The summed E-state index contributed by atoms with van der Waals surface area (Å²) in [4.78, 5) is 8.99. The third kappa shape index (κ3) is 4.49. The van der Waals surface area contributed by atoms with Crippen LogP contribution in [0.3, 0.4) is 0 Å². The molecule has 1 aromatic carbocycles. The van der Waals surface area contributed by atoms with Gasteiger partial charge >= 0.3 is 0 Å². The van der Waals surface area contributed by atoms with E-state index in [1.165, 1.54) is 32.1 Å². The molecule has 1 aromatic heterocycles. The van der Waals surface area contributed by atoms with Crippen molar-refractivity contribution >= 4 is 40.7 Å². The summed E-state index contributed by atoms with van der Waals surface area (Å²) in [5.74, 6) is 1.39. The standard InChI is InChI=1S/C17H20Cl2N4/c1-11-9-16(21-13-5-3-2-4-6-13)23-17(20-11)22-15-8-7-12(18)10-14(15)19/h7-10,13H,2-6H2,1H3,(H2,20,21,22,23). The van der Waals surface area contributed by atoms with Gasteiger partial charge in [0.1, 0.15) is 5.82 Å². The zero-order valence-corrected chi connectivity index (χ0v) is 14.6. The monoisotopic (exact) mass is 350 g/mol. The van der Waals surface area contributed by atoms with E-state index in [0.29, 0.717) is 22.0 Å². The number of hydrogen-bond acceptors (Lipinski definition) is 4. The van der Waals surface area contributed by atoms with Crippen molar-refractivity contribution in [3.8, 4) is 0 Å². The molecular weight excluding hydrogens is 331 g/mol. The van der Waals surface area contributed by atoms with Gasteiger partial charge in [-0.1, -0.05) is 42.5 Å². The number of nitrogens with one attached hydrogen (secondary N) is 2. The predicted octanol–water partition coefficient (Wildman–Crippen LogP) is 5.58. The number of benzene rings is 1. The Balaban J connectivity index is 1.76. The summed E-state index contributed by atoms with van der Waals surface area (Å²) in [6.07, 6.45) is 6.31. The van der Waals surface area contributed by atoms with Gasteiger partial charge in [-0.05, 0) is 38.0 Å². The largest absolute Gasteiger partial charge is 0.367 e. The van der Waals surface area contributed by atoms with Crippen LogP contribution in [0.2, 0.25) is 10.0 Å². The van der Waals surface area contributed by atoms with Crippen LogP contribution in [-0.4, -0.2) is 16.0 Å². The van der Waals surface area contributed by atoms with Gasteiger partial charge in [0.05, 0.1) is 10.7 Å². The number of nitrogens with zero attached hydrogens (tertiary/aromatic N) is 2. The second kappa shape index (κ2) is 7.37. The molecule has 2 N–H and O–H groups in total. The molecule has 1 aliphatic carbocycles. The number of aryl methyl sites for hydroxylation is 1. The Hall–Kier alpha value is -1.52. The van der Waals surface area contributed by atoms with Crippen LogP contribution in [0.15, 0.2) is 24.3 Å². The van der Waals surface area contributed by atoms with Crippen LogP contribution in [0.25, 0.3) is 0 Å². The predicted molar refractivity (Wildman–Crippen MR) is 97.0 cm³/mol.